The molecule has 356 valence electrons. The first kappa shape index (κ1) is 43.0. The molecular formula is C66H42N10. The van der Waals surface area contributed by atoms with E-state index in [2.05, 4.69) is 242 Å². The summed E-state index contributed by atoms with van der Waals surface area (Å²) in [7, 11) is 0. The number of benzene rings is 8. The molecular weight excluding hydrogens is 933 g/mol. The number of hydrogen-bond donors (Lipinski definition) is 0. The second kappa shape index (κ2) is 17.6. The Labute approximate surface area is 434 Å². The predicted octanol–water partition coefficient (Wildman–Crippen LogP) is 15.5. The van der Waals surface area contributed by atoms with Crippen molar-refractivity contribution in [2.75, 3.05) is 0 Å². The van der Waals surface area contributed by atoms with Crippen LogP contribution in [0.25, 0.3) is 132 Å². The molecule has 0 amide bonds. The van der Waals surface area contributed by atoms with Crippen molar-refractivity contribution >= 4 is 87.2 Å². The smallest absolute Gasteiger partial charge is 0.115 e. The van der Waals surface area contributed by atoms with Gasteiger partial charge < -0.3 is 18.3 Å². The standard InChI is InChI=1S/C34H22N4.C32H20N6/c1-3-7-31-27(5-1)29-21-23(9-11-33(29)37(31)25-13-17-35-18-14-25)24-10-12-34-30(22-24)28-6-2-4-8-32(28)38(34)26-15-19-36-20-16-26;1-3-7-29-25(5-1)27-13-21(9-11-31(27)37(29)23-15-33-19-34-16-23)22-10-12-32-28(14-22)26-6-2-4-8-30(26)38(32)24-17-35-20-36-18-24/h1-22H;1-20H. The molecule has 0 unspecified atom stereocenters. The fraction of sp³-hybridized carbons (Fsp3) is 0. The Kier molecular flexibility index (Phi) is 9.95. The molecule has 0 spiro atoms. The van der Waals surface area contributed by atoms with Crippen molar-refractivity contribution < 1.29 is 0 Å². The average Bonchev–Trinajstić information content (AvgIpc) is 4.25. The van der Waals surface area contributed by atoms with Gasteiger partial charge in [-0.2, -0.15) is 0 Å². The van der Waals surface area contributed by atoms with Crippen molar-refractivity contribution in [2.45, 2.75) is 0 Å². The maximum absolute atomic E-state index is 4.26. The third kappa shape index (κ3) is 6.89. The van der Waals surface area contributed by atoms with Crippen LogP contribution in [0.1, 0.15) is 0 Å². The highest BCUT2D eigenvalue weighted by Crippen LogP contribution is 2.40. The highest BCUT2D eigenvalue weighted by atomic mass is 15.0. The Morgan fingerprint density at radius 2 is 0.461 bits per heavy atom. The summed E-state index contributed by atoms with van der Waals surface area (Å²) in [5, 5.41) is 9.79. The van der Waals surface area contributed by atoms with Crippen LogP contribution in [0.3, 0.4) is 0 Å². The Morgan fingerprint density at radius 1 is 0.211 bits per heavy atom. The van der Waals surface area contributed by atoms with Gasteiger partial charge in [-0.1, -0.05) is 97.1 Å². The number of para-hydroxylation sites is 4. The molecule has 0 aliphatic rings. The van der Waals surface area contributed by atoms with Gasteiger partial charge in [-0.15, -0.1) is 0 Å². The van der Waals surface area contributed by atoms with Crippen molar-refractivity contribution in [3.63, 3.8) is 0 Å². The molecule has 16 rings (SSSR count). The second-order valence-electron chi connectivity index (χ2n) is 18.9. The molecule has 16 aromatic rings. The number of nitrogens with zero attached hydrogens (tertiary/aromatic N) is 10. The highest BCUT2D eigenvalue weighted by Gasteiger charge is 2.19. The Balaban J connectivity index is 0.000000133. The summed E-state index contributed by atoms with van der Waals surface area (Å²) >= 11 is 0. The highest BCUT2D eigenvalue weighted by molar-refractivity contribution is 6.14. The van der Waals surface area contributed by atoms with E-state index in [1.54, 1.807) is 12.7 Å². The summed E-state index contributed by atoms with van der Waals surface area (Å²) in [5.41, 5.74) is 18.2. The van der Waals surface area contributed by atoms with E-state index in [4.69, 9.17) is 0 Å². The van der Waals surface area contributed by atoms with Gasteiger partial charge in [-0.3, -0.25) is 9.97 Å². The van der Waals surface area contributed by atoms with Gasteiger partial charge in [-0.25, -0.2) is 19.9 Å². The van der Waals surface area contributed by atoms with Gasteiger partial charge >= 0.3 is 0 Å². The molecule has 10 nitrogen and oxygen atoms in total. The van der Waals surface area contributed by atoms with E-state index in [1.807, 2.05) is 49.6 Å². The van der Waals surface area contributed by atoms with Crippen LogP contribution in [0.4, 0.5) is 0 Å². The number of fused-ring (bicyclic) bond motifs is 12. The average molecular weight is 975 g/mol. The Bertz CT molecular complexity index is 4240. The van der Waals surface area contributed by atoms with Gasteiger partial charge in [0.25, 0.3) is 0 Å². The van der Waals surface area contributed by atoms with Gasteiger partial charge in [0.2, 0.25) is 0 Å². The molecule has 10 heteroatoms. The molecule has 0 aliphatic heterocycles. The lowest BCUT2D eigenvalue weighted by Crippen LogP contribution is -1.95. The largest absolute Gasteiger partial charge is 0.309 e. The molecule has 76 heavy (non-hydrogen) atoms. The van der Waals surface area contributed by atoms with Crippen molar-refractivity contribution in [3.05, 3.63) is 256 Å². The second-order valence-corrected chi connectivity index (χ2v) is 18.9. The first-order valence-corrected chi connectivity index (χ1v) is 25.2. The Hall–Kier alpha value is -10.6. The fourth-order valence-corrected chi connectivity index (χ4v) is 11.5. The number of aromatic nitrogens is 10. The molecule has 0 atom stereocenters. The molecule has 8 heterocycles. The molecule has 0 fully saturated rings. The van der Waals surface area contributed by atoms with Crippen LogP contribution in [0.5, 0.6) is 0 Å². The van der Waals surface area contributed by atoms with Gasteiger partial charge in [0.15, 0.2) is 0 Å². The van der Waals surface area contributed by atoms with Gasteiger partial charge in [-0.05, 0) is 119 Å². The Morgan fingerprint density at radius 3 is 0.750 bits per heavy atom. The monoisotopic (exact) mass is 974 g/mol. The molecule has 8 aromatic carbocycles. The summed E-state index contributed by atoms with van der Waals surface area (Å²) in [6.07, 6.45) is 17.9. The minimum Gasteiger partial charge on any atom is -0.309 e. The SMILES string of the molecule is c1ccc2c(c1)c1cc(-c3ccc4c(c3)c3ccccc3n4-c3ccncc3)ccc1n2-c1ccncc1.c1ccc2c(c1)c1cc(-c3ccc4c(c3)c3ccccc3n4-c3cncnc3)ccc1n2-c1cncnc1. The topological polar surface area (TPSA) is 97.1 Å². The van der Waals surface area contributed by atoms with Crippen LogP contribution in [0.2, 0.25) is 0 Å². The van der Waals surface area contributed by atoms with Crippen LogP contribution in [-0.4, -0.2) is 48.2 Å². The predicted molar refractivity (Wildman–Crippen MR) is 308 cm³/mol. The van der Waals surface area contributed by atoms with E-state index < -0.39 is 0 Å². The number of hydrogen-bond acceptors (Lipinski definition) is 6. The number of pyridine rings is 2. The van der Waals surface area contributed by atoms with Crippen molar-refractivity contribution in [1.29, 1.82) is 0 Å². The van der Waals surface area contributed by atoms with Crippen LogP contribution >= 0.6 is 0 Å². The van der Waals surface area contributed by atoms with Crippen LogP contribution < -0.4 is 0 Å². The van der Waals surface area contributed by atoms with E-state index in [-0.39, 0.29) is 0 Å². The van der Waals surface area contributed by atoms with Crippen molar-refractivity contribution in [3.8, 4) is 45.0 Å². The van der Waals surface area contributed by atoms with E-state index in [0.29, 0.717) is 0 Å². The number of rotatable bonds is 6. The summed E-state index contributed by atoms with van der Waals surface area (Å²) in [5.74, 6) is 0. The third-order valence-corrected chi connectivity index (χ3v) is 14.8. The van der Waals surface area contributed by atoms with Crippen LogP contribution in [0, 0.1) is 0 Å². The van der Waals surface area contributed by atoms with Crippen molar-refractivity contribution in [2.24, 2.45) is 0 Å². The minimum atomic E-state index is 0.950. The maximum atomic E-state index is 4.26. The van der Waals surface area contributed by atoms with E-state index in [0.717, 1.165) is 44.8 Å². The molecule has 0 N–H and O–H groups in total. The zero-order valence-electron chi connectivity index (χ0n) is 40.7. The zero-order chi connectivity index (χ0) is 50.1. The summed E-state index contributed by atoms with van der Waals surface area (Å²) < 4.78 is 9.10. The zero-order valence-corrected chi connectivity index (χ0v) is 40.7. The lowest BCUT2D eigenvalue weighted by molar-refractivity contribution is 1.07. The molecule has 0 aliphatic carbocycles. The van der Waals surface area contributed by atoms with E-state index in [1.165, 1.54) is 87.4 Å². The minimum absolute atomic E-state index is 0.950. The third-order valence-electron chi connectivity index (χ3n) is 14.8. The van der Waals surface area contributed by atoms with E-state index >= 15 is 0 Å². The quantitative estimate of drug-likeness (QED) is 0.165. The van der Waals surface area contributed by atoms with Crippen LogP contribution in [-0.2, 0) is 0 Å². The van der Waals surface area contributed by atoms with Gasteiger partial charge in [0.05, 0.1) is 80.3 Å². The first-order chi connectivity index (χ1) is 37.7. The first-order valence-electron chi connectivity index (χ1n) is 25.2. The molecule has 0 radical (unpaired) electrons. The van der Waals surface area contributed by atoms with Crippen molar-refractivity contribution in [1.82, 2.24) is 48.2 Å². The molecule has 0 saturated heterocycles. The molecule has 8 aromatic heterocycles. The summed E-state index contributed by atoms with van der Waals surface area (Å²) in [6.45, 7) is 0. The summed E-state index contributed by atoms with van der Waals surface area (Å²) in [6, 6.07) is 69.5. The normalized spacial score (nSPS) is 11.7. The lowest BCUT2D eigenvalue weighted by Gasteiger charge is -2.09. The summed E-state index contributed by atoms with van der Waals surface area (Å²) in [4.78, 5) is 25.5. The lowest BCUT2D eigenvalue weighted by atomic mass is 10.0. The maximum Gasteiger partial charge on any atom is 0.115 e. The van der Waals surface area contributed by atoms with Gasteiger partial charge in [0, 0.05) is 79.3 Å². The van der Waals surface area contributed by atoms with Crippen LogP contribution in [0.15, 0.2) is 256 Å². The van der Waals surface area contributed by atoms with Gasteiger partial charge in [0.1, 0.15) is 12.7 Å². The molecule has 0 saturated carbocycles. The van der Waals surface area contributed by atoms with E-state index in [9.17, 15) is 0 Å². The molecule has 0 bridgehead atoms. The fourth-order valence-electron chi connectivity index (χ4n) is 11.5.